The molecule has 2 N–H and O–H groups in total. The third kappa shape index (κ3) is 6.36. The molecule has 0 aromatic carbocycles. The van der Waals surface area contributed by atoms with Gasteiger partial charge in [0, 0.05) is 19.6 Å². The summed E-state index contributed by atoms with van der Waals surface area (Å²) in [6.45, 7) is 2.37. The van der Waals surface area contributed by atoms with Gasteiger partial charge in [-0.15, -0.1) is 0 Å². The number of carbonyl (C=O) groups is 1. The largest absolute Gasteiger partial charge is 0.368 e. The number of allylic oxidation sites excluding steroid dienone is 1. The van der Waals surface area contributed by atoms with E-state index in [1.807, 2.05) is 14.1 Å². The van der Waals surface area contributed by atoms with Crippen molar-refractivity contribution in [3.8, 4) is 0 Å². The number of anilines is 1. The summed E-state index contributed by atoms with van der Waals surface area (Å²) in [5.74, 6) is 0.532. The second-order valence-electron chi connectivity index (χ2n) is 6.13. The van der Waals surface area contributed by atoms with E-state index >= 15 is 0 Å². The number of carbonyl (C=O) groups excluding carboxylic acids is 1. The van der Waals surface area contributed by atoms with Crippen molar-refractivity contribution in [3.05, 3.63) is 29.7 Å². The quantitative estimate of drug-likeness (QED) is 0.718. The lowest BCUT2D eigenvalue weighted by Gasteiger charge is -2.13. The first-order valence-electron chi connectivity index (χ1n) is 8.32. The highest BCUT2D eigenvalue weighted by molar-refractivity contribution is 5.91. The van der Waals surface area contributed by atoms with Crippen LogP contribution >= 0.6 is 0 Å². The average Bonchev–Trinajstić information content (AvgIpc) is 2.56. The molecule has 1 aliphatic carbocycles. The lowest BCUT2D eigenvalue weighted by molar-refractivity contribution is 0.0948. The highest BCUT2D eigenvalue weighted by Crippen LogP contribution is 2.19. The fourth-order valence-corrected chi connectivity index (χ4v) is 2.50. The third-order valence-corrected chi connectivity index (χ3v) is 3.87. The standard InChI is InChI=1S/C17H27N5O/c1-22(2)11-10-18-16-13-20-15(12-21-16)17(23)19-9-8-14-6-4-3-5-7-14/h6,12-13H,3-5,7-11H2,1-2H3,(H,18,21)(H,19,23). The second kappa shape index (κ2) is 9.25. The predicted octanol–water partition coefficient (Wildman–Crippen LogP) is 2.07. The summed E-state index contributed by atoms with van der Waals surface area (Å²) in [4.78, 5) is 22.5. The van der Waals surface area contributed by atoms with Gasteiger partial charge >= 0.3 is 0 Å². The fraction of sp³-hybridized carbons (Fsp3) is 0.588. The van der Waals surface area contributed by atoms with Crippen molar-refractivity contribution >= 4 is 11.7 Å². The van der Waals surface area contributed by atoms with Gasteiger partial charge in [0.2, 0.25) is 0 Å². The summed E-state index contributed by atoms with van der Waals surface area (Å²) >= 11 is 0. The number of likely N-dealkylation sites (N-methyl/N-ethyl adjacent to an activating group) is 1. The topological polar surface area (TPSA) is 70.2 Å². The van der Waals surface area contributed by atoms with Crippen LogP contribution in [0.3, 0.4) is 0 Å². The molecule has 1 aromatic rings. The highest BCUT2D eigenvalue weighted by Gasteiger charge is 2.09. The molecule has 6 nitrogen and oxygen atoms in total. The molecule has 0 aliphatic heterocycles. The molecule has 2 rings (SSSR count). The van der Waals surface area contributed by atoms with Crippen LogP contribution < -0.4 is 10.6 Å². The van der Waals surface area contributed by atoms with Crippen LogP contribution in [0.25, 0.3) is 0 Å². The van der Waals surface area contributed by atoms with Crippen LogP contribution in [-0.2, 0) is 0 Å². The molecular weight excluding hydrogens is 290 g/mol. The molecule has 1 heterocycles. The van der Waals surface area contributed by atoms with Gasteiger partial charge in [0.05, 0.1) is 12.4 Å². The molecule has 1 aromatic heterocycles. The molecule has 1 aliphatic rings. The van der Waals surface area contributed by atoms with E-state index in [4.69, 9.17) is 0 Å². The fourth-order valence-electron chi connectivity index (χ4n) is 2.50. The number of nitrogens with one attached hydrogen (secondary N) is 2. The zero-order chi connectivity index (χ0) is 16.5. The maximum Gasteiger partial charge on any atom is 0.271 e. The van der Waals surface area contributed by atoms with Gasteiger partial charge in [-0.05, 0) is 46.2 Å². The first kappa shape index (κ1) is 17.4. The van der Waals surface area contributed by atoms with Gasteiger partial charge < -0.3 is 15.5 Å². The van der Waals surface area contributed by atoms with Crippen molar-refractivity contribution in [1.82, 2.24) is 20.2 Å². The molecule has 0 unspecified atom stereocenters. The van der Waals surface area contributed by atoms with Crippen molar-refractivity contribution < 1.29 is 4.79 Å². The maximum absolute atomic E-state index is 12.0. The van der Waals surface area contributed by atoms with E-state index in [1.54, 1.807) is 6.20 Å². The molecular formula is C17H27N5O. The maximum atomic E-state index is 12.0. The number of amides is 1. The van der Waals surface area contributed by atoms with Crippen molar-refractivity contribution in [2.24, 2.45) is 0 Å². The molecule has 0 saturated heterocycles. The Morgan fingerprint density at radius 3 is 2.74 bits per heavy atom. The smallest absolute Gasteiger partial charge is 0.271 e. The summed E-state index contributed by atoms with van der Waals surface area (Å²) in [5.41, 5.74) is 1.82. The molecule has 6 heteroatoms. The Labute approximate surface area is 138 Å². The predicted molar refractivity (Wildman–Crippen MR) is 92.6 cm³/mol. The third-order valence-electron chi connectivity index (χ3n) is 3.87. The highest BCUT2D eigenvalue weighted by atomic mass is 16.1. The Bertz CT molecular complexity index is 524. The van der Waals surface area contributed by atoms with E-state index < -0.39 is 0 Å². The van der Waals surface area contributed by atoms with Gasteiger partial charge in [0.1, 0.15) is 11.5 Å². The number of nitrogens with zero attached hydrogens (tertiary/aromatic N) is 3. The van der Waals surface area contributed by atoms with E-state index in [0.717, 1.165) is 19.5 Å². The number of rotatable bonds is 8. The molecule has 23 heavy (non-hydrogen) atoms. The lowest BCUT2D eigenvalue weighted by atomic mass is 9.97. The molecule has 0 bridgehead atoms. The van der Waals surface area contributed by atoms with Crippen LogP contribution in [-0.4, -0.2) is 54.5 Å². The summed E-state index contributed by atoms with van der Waals surface area (Å²) in [6, 6.07) is 0. The average molecular weight is 317 g/mol. The van der Waals surface area contributed by atoms with Crippen LogP contribution in [0.5, 0.6) is 0 Å². The minimum Gasteiger partial charge on any atom is -0.368 e. The second-order valence-corrected chi connectivity index (χ2v) is 6.13. The van der Waals surface area contributed by atoms with E-state index in [-0.39, 0.29) is 5.91 Å². The van der Waals surface area contributed by atoms with Crippen molar-refractivity contribution in [2.75, 3.05) is 39.0 Å². The van der Waals surface area contributed by atoms with E-state index in [2.05, 4.69) is 31.6 Å². The molecule has 0 radical (unpaired) electrons. The Morgan fingerprint density at radius 1 is 1.22 bits per heavy atom. The van der Waals surface area contributed by atoms with Crippen molar-refractivity contribution in [3.63, 3.8) is 0 Å². The van der Waals surface area contributed by atoms with Crippen LogP contribution in [0, 0.1) is 0 Å². The summed E-state index contributed by atoms with van der Waals surface area (Å²) in [7, 11) is 4.04. The van der Waals surface area contributed by atoms with Crippen molar-refractivity contribution in [2.45, 2.75) is 32.1 Å². The van der Waals surface area contributed by atoms with Gasteiger partial charge in [-0.3, -0.25) is 4.79 Å². The number of hydrogen-bond donors (Lipinski definition) is 2. The molecule has 0 fully saturated rings. The molecule has 1 amide bonds. The minimum atomic E-state index is -0.159. The number of aromatic nitrogens is 2. The van der Waals surface area contributed by atoms with Gasteiger partial charge in [0.15, 0.2) is 0 Å². The monoisotopic (exact) mass is 317 g/mol. The summed E-state index contributed by atoms with van der Waals surface area (Å²) in [6.07, 6.45) is 11.3. The Balaban J connectivity index is 1.72. The lowest BCUT2D eigenvalue weighted by Crippen LogP contribution is -2.26. The van der Waals surface area contributed by atoms with Crippen LogP contribution in [0.4, 0.5) is 5.82 Å². The molecule has 0 atom stereocenters. The molecule has 126 valence electrons. The van der Waals surface area contributed by atoms with Crippen LogP contribution in [0.15, 0.2) is 24.0 Å². The van der Waals surface area contributed by atoms with E-state index in [1.165, 1.54) is 37.5 Å². The molecule has 0 spiro atoms. The first-order chi connectivity index (χ1) is 11.1. The number of hydrogen-bond acceptors (Lipinski definition) is 5. The first-order valence-corrected chi connectivity index (χ1v) is 8.32. The normalized spacial score (nSPS) is 14.5. The van der Waals surface area contributed by atoms with Gasteiger partial charge in [-0.1, -0.05) is 11.6 Å². The van der Waals surface area contributed by atoms with Gasteiger partial charge in [0.25, 0.3) is 5.91 Å². The van der Waals surface area contributed by atoms with Crippen LogP contribution in [0.2, 0.25) is 0 Å². The van der Waals surface area contributed by atoms with Gasteiger partial charge in [-0.25, -0.2) is 9.97 Å². The van der Waals surface area contributed by atoms with E-state index in [9.17, 15) is 4.79 Å². The van der Waals surface area contributed by atoms with Gasteiger partial charge in [-0.2, -0.15) is 0 Å². The van der Waals surface area contributed by atoms with E-state index in [0.29, 0.717) is 18.1 Å². The zero-order valence-corrected chi connectivity index (χ0v) is 14.1. The zero-order valence-electron chi connectivity index (χ0n) is 14.1. The van der Waals surface area contributed by atoms with Crippen molar-refractivity contribution in [1.29, 1.82) is 0 Å². The Hall–Kier alpha value is -1.95. The SMILES string of the molecule is CN(C)CCNc1cnc(C(=O)NCCC2=CCCCC2)cn1. The summed E-state index contributed by atoms with van der Waals surface area (Å²) in [5, 5.41) is 6.09. The Morgan fingerprint density at radius 2 is 2.09 bits per heavy atom. The Kier molecular flexibility index (Phi) is 7.00. The summed E-state index contributed by atoms with van der Waals surface area (Å²) < 4.78 is 0. The molecule has 0 saturated carbocycles. The minimum absolute atomic E-state index is 0.159. The van der Waals surface area contributed by atoms with Crippen LogP contribution in [0.1, 0.15) is 42.6 Å².